The first-order valence-corrected chi connectivity index (χ1v) is 9.60. The first-order valence-electron chi connectivity index (χ1n) is 7.99. The van der Waals surface area contributed by atoms with Crippen LogP contribution < -0.4 is 20.5 Å². The number of ether oxygens (including phenoxy) is 2. The zero-order valence-corrected chi connectivity index (χ0v) is 14.2. The first kappa shape index (κ1) is 16.8. The molecule has 132 valence electrons. The van der Waals surface area contributed by atoms with Crippen molar-refractivity contribution in [3.63, 3.8) is 0 Å². The second kappa shape index (κ2) is 7.27. The third-order valence-corrected chi connectivity index (χ3v) is 5.81. The summed E-state index contributed by atoms with van der Waals surface area (Å²) >= 11 is 0. The molecule has 0 aliphatic carbocycles. The van der Waals surface area contributed by atoms with E-state index in [1.807, 2.05) is 18.2 Å². The molecule has 1 saturated heterocycles. The number of nitrogens with one attached hydrogen (secondary N) is 1. The maximum absolute atomic E-state index is 11.7. The molecular formula is C15H22N4O4S. The van der Waals surface area contributed by atoms with Gasteiger partial charge in [-0.05, 0) is 18.6 Å². The van der Waals surface area contributed by atoms with E-state index in [0.717, 1.165) is 12.1 Å². The third kappa shape index (κ3) is 4.09. The van der Waals surface area contributed by atoms with Crippen molar-refractivity contribution in [1.82, 2.24) is 4.31 Å². The second-order valence-corrected chi connectivity index (χ2v) is 7.76. The Labute approximate surface area is 141 Å². The topological polar surface area (TPSA) is 106 Å². The number of fused-ring (bicyclic) bond motifs is 1. The van der Waals surface area contributed by atoms with Crippen molar-refractivity contribution >= 4 is 21.7 Å². The van der Waals surface area contributed by atoms with Gasteiger partial charge in [0.25, 0.3) is 0 Å². The summed E-state index contributed by atoms with van der Waals surface area (Å²) in [5.74, 6) is 1.85. The zero-order valence-electron chi connectivity index (χ0n) is 13.4. The van der Waals surface area contributed by atoms with Gasteiger partial charge in [0.15, 0.2) is 17.5 Å². The summed E-state index contributed by atoms with van der Waals surface area (Å²) < 4.78 is 36.0. The Bertz CT molecular complexity index is 720. The van der Waals surface area contributed by atoms with Crippen LogP contribution in [0.4, 0.5) is 5.69 Å². The van der Waals surface area contributed by atoms with Crippen LogP contribution in [0.15, 0.2) is 23.2 Å². The van der Waals surface area contributed by atoms with Gasteiger partial charge < -0.3 is 20.5 Å². The van der Waals surface area contributed by atoms with Gasteiger partial charge in [0.05, 0.1) is 25.5 Å². The summed E-state index contributed by atoms with van der Waals surface area (Å²) in [7, 11) is -3.09. The molecule has 9 heteroatoms. The highest BCUT2D eigenvalue weighted by atomic mass is 32.2. The van der Waals surface area contributed by atoms with Crippen LogP contribution in [-0.2, 0) is 10.0 Å². The Balaban J connectivity index is 1.56. The summed E-state index contributed by atoms with van der Waals surface area (Å²) in [6.07, 6.45) is 1.53. The Morgan fingerprint density at radius 1 is 1.25 bits per heavy atom. The van der Waals surface area contributed by atoms with E-state index < -0.39 is 10.0 Å². The summed E-state index contributed by atoms with van der Waals surface area (Å²) in [5, 5.41) is 2.98. The van der Waals surface area contributed by atoms with E-state index in [-0.39, 0.29) is 11.7 Å². The van der Waals surface area contributed by atoms with Crippen molar-refractivity contribution in [2.45, 2.75) is 12.8 Å². The fourth-order valence-electron chi connectivity index (χ4n) is 2.65. The average Bonchev–Trinajstić information content (AvgIpc) is 2.74. The lowest BCUT2D eigenvalue weighted by Gasteiger charge is -2.13. The smallest absolute Gasteiger partial charge is 0.214 e. The minimum atomic E-state index is -3.09. The van der Waals surface area contributed by atoms with Crippen LogP contribution in [0.1, 0.15) is 12.8 Å². The molecule has 0 unspecified atom stereocenters. The molecule has 0 bridgehead atoms. The van der Waals surface area contributed by atoms with Crippen LogP contribution in [0.5, 0.6) is 11.5 Å². The number of guanidine groups is 1. The maximum atomic E-state index is 11.7. The van der Waals surface area contributed by atoms with Crippen molar-refractivity contribution in [1.29, 1.82) is 0 Å². The van der Waals surface area contributed by atoms with Gasteiger partial charge in [-0.15, -0.1) is 0 Å². The van der Waals surface area contributed by atoms with Crippen molar-refractivity contribution in [2.75, 3.05) is 43.9 Å². The van der Waals surface area contributed by atoms with Gasteiger partial charge in [-0.25, -0.2) is 12.7 Å². The largest absolute Gasteiger partial charge is 0.490 e. The number of sulfonamides is 1. The Hall–Kier alpha value is -2.00. The average molecular weight is 354 g/mol. The summed E-state index contributed by atoms with van der Waals surface area (Å²) in [6.45, 7) is 2.49. The molecule has 0 spiro atoms. The van der Waals surface area contributed by atoms with E-state index in [1.165, 1.54) is 4.31 Å². The predicted molar refractivity (Wildman–Crippen MR) is 92.1 cm³/mol. The van der Waals surface area contributed by atoms with Gasteiger partial charge in [0.2, 0.25) is 10.0 Å². The van der Waals surface area contributed by atoms with Crippen LogP contribution >= 0.6 is 0 Å². The van der Waals surface area contributed by atoms with Crippen molar-refractivity contribution < 1.29 is 17.9 Å². The molecule has 3 N–H and O–H groups in total. The van der Waals surface area contributed by atoms with Gasteiger partial charge in [0.1, 0.15) is 0 Å². The molecule has 0 radical (unpaired) electrons. The number of rotatable bonds is 4. The Kier molecular flexibility index (Phi) is 5.10. The molecule has 0 saturated carbocycles. The van der Waals surface area contributed by atoms with Crippen LogP contribution in [0, 0.1) is 0 Å². The molecule has 24 heavy (non-hydrogen) atoms. The summed E-state index contributed by atoms with van der Waals surface area (Å²) in [6, 6.07) is 5.47. The lowest BCUT2D eigenvalue weighted by Crippen LogP contribution is -2.30. The maximum Gasteiger partial charge on any atom is 0.214 e. The number of nitrogens with two attached hydrogens (primary N) is 1. The zero-order chi connectivity index (χ0) is 17.0. The second-order valence-electron chi connectivity index (χ2n) is 5.67. The monoisotopic (exact) mass is 354 g/mol. The van der Waals surface area contributed by atoms with E-state index in [2.05, 4.69) is 10.3 Å². The molecule has 2 aliphatic rings. The van der Waals surface area contributed by atoms with Gasteiger partial charge in [0, 0.05) is 31.3 Å². The van der Waals surface area contributed by atoms with E-state index in [9.17, 15) is 8.42 Å². The molecule has 8 nitrogen and oxygen atoms in total. The van der Waals surface area contributed by atoms with Gasteiger partial charge in [-0.2, -0.15) is 0 Å². The van der Waals surface area contributed by atoms with Gasteiger partial charge in [-0.1, -0.05) is 0 Å². The standard InChI is InChI=1S/C15H22N4O4S/c16-15(17-5-7-19-6-1-10-24(19,20)21)18-12-3-4-13-14(11-12)23-9-2-8-22-13/h3-4,11H,1-2,5-10H2,(H3,16,17,18). The highest BCUT2D eigenvalue weighted by Crippen LogP contribution is 2.32. The fraction of sp³-hybridized carbons (Fsp3) is 0.533. The van der Waals surface area contributed by atoms with Crippen LogP contribution in [0.2, 0.25) is 0 Å². The number of aliphatic imine (C=N–C) groups is 1. The molecule has 3 rings (SSSR count). The number of nitrogens with zero attached hydrogens (tertiary/aromatic N) is 2. The molecular weight excluding hydrogens is 332 g/mol. The van der Waals surface area contributed by atoms with Crippen molar-refractivity contribution in [2.24, 2.45) is 10.7 Å². The summed E-state index contributed by atoms with van der Waals surface area (Å²) in [4.78, 5) is 4.18. The fourth-order valence-corrected chi connectivity index (χ4v) is 4.17. The SMILES string of the molecule is NC(=NCCN1CCCS1(=O)=O)Nc1ccc2c(c1)OCCCO2. The van der Waals surface area contributed by atoms with Crippen LogP contribution in [0.25, 0.3) is 0 Å². The first-order chi connectivity index (χ1) is 11.5. The number of hydrogen-bond donors (Lipinski definition) is 2. The minimum absolute atomic E-state index is 0.224. The molecule has 2 heterocycles. The predicted octanol–water partition coefficient (Wildman–Crippen LogP) is 0.610. The molecule has 0 atom stereocenters. The molecule has 1 fully saturated rings. The van der Waals surface area contributed by atoms with Crippen molar-refractivity contribution in [3.8, 4) is 11.5 Å². The van der Waals surface area contributed by atoms with E-state index in [1.54, 1.807) is 0 Å². The van der Waals surface area contributed by atoms with Gasteiger partial charge >= 0.3 is 0 Å². The summed E-state index contributed by atoms with van der Waals surface area (Å²) in [5.41, 5.74) is 6.61. The highest BCUT2D eigenvalue weighted by Gasteiger charge is 2.27. The van der Waals surface area contributed by atoms with E-state index >= 15 is 0 Å². The van der Waals surface area contributed by atoms with Crippen LogP contribution in [0.3, 0.4) is 0 Å². The minimum Gasteiger partial charge on any atom is -0.490 e. The normalized spacial score (nSPS) is 20.6. The molecule has 1 aromatic carbocycles. The molecule has 0 amide bonds. The molecule has 0 aromatic heterocycles. The number of anilines is 1. The number of benzene rings is 1. The van der Waals surface area contributed by atoms with E-state index in [0.29, 0.717) is 50.8 Å². The Morgan fingerprint density at radius 3 is 2.79 bits per heavy atom. The lowest BCUT2D eigenvalue weighted by atomic mass is 10.3. The third-order valence-electron chi connectivity index (χ3n) is 3.85. The number of hydrogen-bond acceptors (Lipinski definition) is 5. The van der Waals surface area contributed by atoms with Crippen LogP contribution in [-0.4, -0.2) is 57.3 Å². The molecule has 1 aromatic rings. The quantitative estimate of drug-likeness (QED) is 0.606. The van der Waals surface area contributed by atoms with Crippen molar-refractivity contribution in [3.05, 3.63) is 18.2 Å². The van der Waals surface area contributed by atoms with E-state index in [4.69, 9.17) is 15.2 Å². The highest BCUT2D eigenvalue weighted by molar-refractivity contribution is 7.89. The Morgan fingerprint density at radius 2 is 2.04 bits per heavy atom. The molecule has 2 aliphatic heterocycles. The van der Waals surface area contributed by atoms with Gasteiger partial charge in [-0.3, -0.25) is 4.99 Å². The lowest BCUT2D eigenvalue weighted by molar-refractivity contribution is 0.297.